The van der Waals surface area contributed by atoms with Crippen molar-refractivity contribution in [2.75, 3.05) is 13.1 Å². The van der Waals surface area contributed by atoms with Crippen molar-refractivity contribution < 1.29 is 0 Å². The highest BCUT2D eigenvalue weighted by atomic mass is 14.9. The molecular formula is C12H22N2. The van der Waals surface area contributed by atoms with Gasteiger partial charge in [-0.05, 0) is 24.2 Å². The minimum atomic E-state index is 0.409. The Balaban J connectivity index is 2.23. The molecule has 0 heterocycles. The molecule has 0 bridgehead atoms. The van der Waals surface area contributed by atoms with Crippen molar-refractivity contribution in [3.05, 3.63) is 0 Å². The van der Waals surface area contributed by atoms with Crippen molar-refractivity contribution in [2.45, 2.75) is 46.0 Å². The van der Waals surface area contributed by atoms with Crippen LogP contribution in [-0.2, 0) is 0 Å². The van der Waals surface area contributed by atoms with Crippen molar-refractivity contribution in [1.82, 2.24) is 5.32 Å². The molecule has 1 rings (SSSR count). The van der Waals surface area contributed by atoms with E-state index in [2.05, 4.69) is 25.2 Å². The third-order valence-electron chi connectivity index (χ3n) is 3.45. The summed E-state index contributed by atoms with van der Waals surface area (Å²) in [4.78, 5) is 0. The van der Waals surface area contributed by atoms with Crippen LogP contribution >= 0.6 is 0 Å². The van der Waals surface area contributed by atoms with Gasteiger partial charge in [-0.3, -0.25) is 0 Å². The van der Waals surface area contributed by atoms with Crippen molar-refractivity contribution in [2.24, 2.45) is 11.3 Å². The van der Waals surface area contributed by atoms with Crippen molar-refractivity contribution >= 4 is 0 Å². The van der Waals surface area contributed by atoms with Crippen LogP contribution in [0.4, 0.5) is 0 Å². The number of hydrogen-bond donors (Lipinski definition) is 1. The van der Waals surface area contributed by atoms with Crippen LogP contribution in [0.25, 0.3) is 0 Å². The lowest BCUT2D eigenvalue weighted by atomic mass is 9.78. The average molecular weight is 194 g/mol. The maximum atomic E-state index is 8.42. The summed E-state index contributed by atoms with van der Waals surface area (Å²) in [7, 11) is 0. The van der Waals surface area contributed by atoms with Crippen LogP contribution in [-0.4, -0.2) is 13.1 Å². The second-order valence-electron chi connectivity index (χ2n) is 5.05. The van der Waals surface area contributed by atoms with Gasteiger partial charge in [-0.25, -0.2) is 0 Å². The third kappa shape index (κ3) is 3.31. The minimum absolute atomic E-state index is 0.409. The zero-order valence-corrected chi connectivity index (χ0v) is 9.47. The summed E-state index contributed by atoms with van der Waals surface area (Å²) >= 11 is 0. The molecule has 14 heavy (non-hydrogen) atoms. The molecule has 1 saturated carbocycles. The van der Waals surface area contributed by atoms with Crippen LogP contribution in [0.3, 0.4) is 0 Å². The molecule has 0 spiro atoms. The first-order valence-electron chi connectivity index (χ1n) is 5.74. The van der Waals surface area contributed by atoms with Gasteiger partial charge in [0.15, 0.2) is 0 Å². The Hall–Kier alpha value is -0.550. The number of rotatable bonds is 5. The summed E-state index contributed by atoms with van der Waals surface area (Å²) in [6.07, 6.45) is 6.24. The van der Waals surface area contributed by atoms with Crippen molar-refractivity contribution in [3.63, 3.8) is 0 Å². The normalized spacial score (nSPS) is 18.4. The second kappa shape index (κ2) is 5.36. The maximum absolute atomic E-state index is 8.42. The first kappa shape index (κ1) is 11.5. The molecule has 0 saturated heterocycles. The summed E-state index contributed by atoms with van der Waals surface area (Å²) in [5, 5.41) is 11.8. The van der Waals surface area contributed by atoms with E-state index in [-0.39, 0.29) is 0 Å². The van der Waals surface area contributed by atoms with E-state index in [4.69, 9.17) is 5.26 Å². The number of nitriles is 1. The molecule has 0 aromatic rings. The van der Waals surface area contributed by atoms with Crippen molar-refractivity contribution in [3.8, 4) is 6.07 Å². The molecule has 0 aromatic carbocycles. The lowest BCUT2D eigenvalue weighted by molar-refractivity contribution is 0.209. The van der Waals surface area contributed by atoms with Gasteiger partial charge in [-0.1, -0.05) is 26.7 Å². The molecule has 80 valence electrons. The van der Waals surface area contributed by atoms with Gasteiger partial charge in [0.25, 0.3) is 0 Å². The molecule has 2 nitrogen and oxygen atoms in total. The Morgan fingerprint density at radius 2 is 2.00 bits per heavy atom. The molecule has 1 aliphatic rings. The number of nitrogens with one attached hydrogen (secondary N) is 1. The molecule has 0 amide bonds. The largest absolute Gasteiger partial charge is 0.315 e. The van der Waals surface area contributed by atoms with Crippen LogP contribution in [0.1, 0.15) is 46.0 Å². The lowest BCUT2D eigenvalue weighted by Crippen LogP contribution is -2.35. The van der Waals surface area contributed by atoms with Gasteiger partial charge in [-0.2, -0.15) is 5.26 Å². The highest BCUT2D eigenvalue weighted by Gasteiger charge is 2.30. The molecule has 1 aliphatic carbocycles. The Morgan fingerprint density at radius 1 is 1.36 bits per heavy atom. The van der Waals surface area contributed by atoms with Gasteiger partial charge in [0.05, 0.1) is 6.07 Å². The highest BCUT2D eigenvalue weighted by Crippen LogP contribution is 2.38. The van der Waals surface area contributed by atoms with Gasteiger partial charge < -0.3 is 5.32 Å². The predicted molar refractivity (Wildman–Crippen MR) is 58.8 cm³/mol. The topological polar surface area (TPSA) is 35.8 Å². The quantitative estimate of drug-likeness (QED) is 0.683. The van der Waals surface area contributed by atoms with Crippen LogP contribution < -0.4 is 5.32 Å². The maximum Gasteiger partial charge on any atom is 0.0635 e. The SMILES string of the molecule is CC(C)(CNCCC#N)C1CCCC1. The third-order valence-corrected chi connectivity index (χ3v) is 3.45. The van der Waals surface area contributed by atoms with Crippen LogP contribution in [0.2, 0.25) is 0 Å². The highest BCUT2D eigenvalue weighted by molar-refractivity contribution is 4.84. The van der Waals surface area contributed by atoms with Crippen molar-refractivity contribution in [1.29, 1.82) is 5.26 Å². The fourth-order valence-corrected chi connectivity index (χ4v) is 2.41. The zero-order valence-electron chi connectivity index (χ0n) is 9.47. The summed E-state index contributed by atoms with van der Waals surface area (Å²) in [6, 6.07) is 2.16. The first-order valence-corrected chi connectivity index (χ1v) is 5.74. The molecular weight excluding hydrogens is 172 g/mol. The van der Waals surface area contributed by atoms with Gasteiger partial charge in [0, 0.05) is 19.5 Å². The predicted octanol–water partition coefficient (Wildman–Crippen LogP) is 2.71. The van der Waals surface area contributed by atoms with Crippen LogP contribution in [0.5, 0.6) is 0 Å². The molecule has 0 aliphatic heterocycles. The van der Waals surface area contributed by atoms with E-state index < -0.39 is 0 Å². The Morgan fingerprint density at radius 3 is 2.57 bits per heavy atom. The fraction of sp³-hybridized carbons (Fsp3) is 0.917. The van der Waals surface area contributed by atoms with Gasteiger partial charge in [-0.15, -0.1) is 0 Å². The van der Waals surface area contributed by atoms with E-state index in [9.17, 15) is 0 Å². The monoisotopic (exact) mass is 194 g/mol. The van der Waals surface area contributed by atoms with E-state index >= 15 is 0 Å². The molecule has 0 aromatic heterocycles. The number of hydrogen-bond acceptors (Lipinski definition) is 2. The second-order valence-corrected chi connectivity index (χ2v) is 5.05. The average Bonchev–Trinajstić information content (AvgIpc) is 2.65. The Labute approximate surface area is 87.7 Å². The van der Waals surface area contributed by atoms with E-state index in [1.54, 1.807) is 0 Å². The molecule has 1 fully saturated rings. The fourth-order valence-electron chi connectivity index (χ4n) is 2.41. The van der Waals surface area contributed by atoms with Gasteiger partial charge in [0.2, 0.25) is 0 Å². The Kier molecular flexibility index (Phi) is 4.41. The lowest BCUT2D eigenvalue weighted by Gasteiger charge is -2.31. The van der Waals surface area contributed by atoms with Gasteiger partial charge in [0.1, 0.15) is 0 Å². The minimum Gasteiger partial charge on any atom is -0.315 e. The molecule has 2 heteroatoms. The van der Waals surface area contributed by atoms with Crippen LogP contribution in [0, 0.1) is 22.7 Å². The Bertz CT molecular complexity index is 197. The van der Waals surface area contributed by atoms with E-state index in [0.29, 0.717) is 11.8 Å². The van der Waals surface area contributed by atoms with E-state index in [0.717, 1.165) is 19.0 Å². The summed E-state index contributed by atoms with van der Waals surface area (Å²) in [6.45, 7) is 6.59. The molecule has 0 radical (unpaired) electrons. The van der Waals surface area contributed by atoms with E-state index in [1.165, 1.54) is 25.7 Å². The molecule has 0 unspecified atom stereocenters. The summed E-state index contributed by atoms with van der Waals surface area (Å²) in [5.74, 6) is 0.886. The van der Waals surface area contributed by atoms with Gasteiger partial charge >= 0.3 is 0 Å². The summed E-state index contributed by atoms with van der Waals surface area (Å²) in [5.41, 5.74) is 0.409. The summed E-state index contributed by atoms with van der Waals surface area (Å²) < 4.78 is 0. The number of nitrogens with zero attached hydrogens (tertiary/aromatic N) is 1. The zero-order chi connectivity index (χ0) is 10.4. The molecule has 1 N–H and O–H groups in total. The smallest absolute Gasteiger partial charge is 0.0635 e. The van der Waals surface area contributed by atoms with Crippen LogP contribution in [0.15, 0.2) is 0 Å². The molecule has 0 atom stereocenters. The first-order chi connectivity index (χ1) is 6.67. The standard InChI is InChI=1S/C12H22N2/c1-12(2,10-14-9-5-8-13)11-6-3-4-7-11/h11,14H,3-7,9-10H2,1-2H3. The van der Waals surface area contributed by atoms with E-state index in [1.807, 2.05) is 0 Å².